The van der Waals surface area contributed by atoms with Crippen molar-refractivity contribution in [3.63, 3.8) is 0 Å². The number of aryl methyl sites for hydroxylation is 1. The monoisotopic (exact) mass is 365 g/mol. The lowest BCUT2D eigenvalue weighted by molar-refractivity contribution is 0.0950. The minimum absolute atomic E-state index is 0.0353. The average Bonchev–Trinajstić information content (AvgIpc) is 2.72. The molecule has 0 radical (unpaired) electrons. The molecule has 0 bridgehead atoms. The Labute approximate surface area is 160 Å². The Morgan fingerprint density at radius 3 is 2.74 bits per heavy atom. The van der Waals surface area contributed by atoms with Crippen molar-refractivity contribution < 1.29 is 9.59 Å². The third kappa shape index (κ3) is 4.67. The molecule has 0 saturated carbocycles. The van der Waals surface area contributed by atoms with Gasteiger partial charge in [0.2, 0.25) is 0 Å². The summed E-state index contributed by atoms with van der Waals surface area (Å²) < 4.78 is 0. The molecule has 0 aliphatic carbocycles. The number of urea groups is 1. The van der Waals surface area contributed by atoms with Crippen LogP contribution in [0.2, 0.25) is 0 Å². The average molecular weight is 365 g/mol. The Hall–Kier alpha value is -2.82. The second kappa shape index (κ2) is 8.71. The van der Waals surface area contributed by atoms with Crippen molar-refractivity contribution in [1.82, 2.24) is 15.5 Å². The number of nitrogens with one attached hydrogen (secondary N) is 2. The van der Waals surface area contributed by atoms with Gasteiger partial charge in [0.05, 0.1) is 0 Å². The summed E-state index contributed by atoms with van der Waals surface area (Å²) in [7, 11) is 1.66. The first-order chi connectivity index (χ1) is 13.1. The zero-order valence-electron chi connectivity index (χ0n) is 16.0. The molecule has 1 fully saturated rings. The number of carbonyl (C=O) groups excluding carboxylic acids is 2. The van der Waals surface area contributed by atoms with Crippen LogP contribution in [0.5, 0.6) is 0 Å². The van der Waals surface area contributed by atoms with Crippen LogP contribution in [0.4, 0.5) is 4.79 Å². The zero-order valence-corrected chi connectivity index (χ0v) is 16.0. The number of benzene rings is 2. The fourth-order valence-corrected chi connectivity index (χ4v) is 3.61. The second-order valence-electron chi connectivity index (χ2n) is 7.07. The summed E-state index contributed by atoms with van der Waals surface area (Å²) in [6, 6.07) is 15.8. The molecule has 1 atom stereocenters. The van der Waals surface area contributed by atoms with E-state index in [0.29, 0.717) is 18.7 Å². The highest BCUT2D eigenvalue weighted by Gasteiger charge is 2.24. The molecule has 1 aliphatic heterocycles. The van der Waals surface area contributed by atoms with Crippen LogP contribution in [0.25, 0.3) is 0 Å². The summed E-state index contributed by atoms with van der Waals surface area (Å²) in [5, 5.41) is 5.70. The fourth-order valence-electron chi connectivity index (χ4n) is 3.61. The Kier molecular flexibility index (Phi) is 6.12. The molecule has 3 amide bonds. The van der Waals surface area contributed by atoms with E-state index in [-0.39, 0.29) is 17.9 Å². The van der Waals surface area contributed by atoms with Gasteiger partial charge in [0.1, 0.15) is 0 Å². The smallest absolute Gasteiger partial charge is 0.317 e. The molecule has 0 aromatic heterocycles. The molecule has 3 rings (SSSR count). The van der Waals surface area contributed by atoms with E-state index in [1.165, 1.54) is 5.56 Å². The first-order valence-corrected chi connectivity index (χ1v) is 9.48. The summed E-state index contributed by atoms with van der Waals surface area (Å²) in [6.07, 6.45) is 2.00. The van der Waals surface area contributed by atoms with Gasteiger partial charge < -0.3 is 15.5 Å². The van der Waals surface area contributed by atoms with Gasteiger partial charge in [0, 0.05) is 38.2 Å². The standard InChI is InChI=1S/C22H27N3O2/c1-16-7-3-4-8-19(16)14-24-21(26)18-10-5-9-17(13-18)20-11-6-12-25(15-20)22(27)23-2/h3-5,7-10,13,20H,6,11-12,14-15H2,1-2H3,(H,23,27)(H,24,26)/t20-/m0/s1. The van der Waals surface area contributed by atoms with Crippen LogP contribution in [-0.2, 0) is 6.54 Å². The van der Waals surface area contributed by atoms with E-state index in [9.17, 15) is 9.59 Å². The molecule has 2 aromatic carbocycles. The molecule has 27 heavy (non-hydrogen) atoms. The van der Waals surface area contributed by atoms with E-state index < -0.39 is 0 Å². The number of hydrogen-bond acceptors (Lipinski definition) is 2. The first-order valence-electron chi connectivity index (χ1n) is 9.48. The number of likely N-dealkylation sites (tertiary alicyclic amines) is 1. The minimum atomic E-state index is -0.0703. The van der Waals surface area contributed by atoms with Gasteiger partial charge >= 0.3 is 6.03 Å². The Bertz CT molecular complexity index is 819. The lowest BCUT2D eigenvalue weighted by Gasteiger charge is -2.32. The molecule has 1 saturated heterocycles. The quantitative estimate of drug-likeness (QED) is 0.872. The van der Waals surface area contributed by atoms with Gasteiger partial charge in [-0.15, -0.1) is 0 Å². The van der Waals surface area contributed by atoms with Crippen molar-refractivity contribution in [1.29, 1.82) is 0 Å². The molecule has 5 nitrogen and oxygen atoms in total. The molecule has 1 aliphatic rings. The van der Waals surface area contributed by atoms with Gasteiger partial charge in [-0.2, -0.15) is 0 Å². The van der Waals surface area contributed by atoms with Crippen LogP contribution < -0.4 is 10.6 Å². The van der Waals surface area contributed by atoms with Crippen LogP contribution in [-0.4, -0.2) is 37.0 Å². The summed E-state index contributed by atoms with van der Waals surface area (Å²) in [4.78, 5) is 26.4. The number of hydrogen-bond donors (Lipinski definition) is 2. The van der Waals surface area contributed by atoms with Crippen molar-refractivity contribution in [3.05, 3.63) is 70.8 Å². The molecular formula is C22H27N3O2. The molecule has 2 N–H and O–H groups in total. The largest absolute Gasteiger partial charge is 0.348 e. The summed E-state index contributed by atoms with van der Waals surface area (Å²) in [5.74, 6) is 0.194. The lowest BCUT2D eigenvalue weighted by Crippen LogP contribution is -2.43. The van der Waals surface area contributed by atoms with E-state index in [1.807, 2.05) is 54.3 Å². The van der Waals surface area contributed by atoms with Gasteiger partial charge in [-0.05, 0) is 48.6 Å². The number of nitrogens with zero attached hydrogens (tertiary/aromatic N) is 1. The van der Waals surface area contributed by atoms with Gasteiger partial charge in [0.25, 0.3) is 5.91 Å². The zero-order chi connectivity index (χ0) is 19.2. The Morgan fingerprint density at radius 1 is 1.15 bits per heavy atom. The van der Waals surface area contributed by atoms with Gasteiger partial charge in [-0.25, -0.2) is 4.79 Å². The number of piperidine rings is 1. The number of carbonyl (C=O) groups is 2. The van der Waals surface area contributed by atoms with E-state index in [2.05, 4.69) is 16.7 Å². The van der Waals surface area contributed by atoms with Gasteiger partial charge in [0.15, 0.2) is 0 Å². The number of amides is 3. The highest BCUT2D eigenvalue weighted by Crippen LogP contribution is 2.27. The van der Waals surface area contributed by atoms with E-state index >= 15 is 0 Å². The topological polar surface area (TPSA) is 61.4 Å². The van der Waals surface area contributed by atoms with E-state index in [1.54, 1.807) is 7.05 Å². The molecular weight excluding hydrogens is 338 g/mol. The van der Waals surface area contributed by atoms with Crippen molar-refractivity contribution >= 4 is 11.9 Å². The maximum atomic E-state index is 12.6. The van der Waals surface area contributed by atoms with Crippen molar-refractivity contribution in [2.45, 2.75) is 32.2 Å². The maximum Gasteiger partial charge on any atom is 0.317 e. The SMILES string of the molecule is CNC(=O)N1CCC[C@H](c2cccc(C(=O)NCc3ccccc3C)c2)C1. The normalized spacial score (nSPS) is 16.7. The summed E-state index contributed by atoms with van der Waals surface area (Å²) in [5.41, 5.74) is 4.07. The van der Waals surface area contributed by atoms with Crippen molar-refractivity contribution in [2.24, 2.45) is 0 Å². The highest BCUT2D eigenvalue weighted by atomic mass is 16.2. The Balaban J connectivity index is 1.67. The fraction of sp³-hybridized carbons (Fsp3) is 0.364. The molecule has 1 heterocycles. The van der Waals surface area contributed by atoms with Crippen LogP contribution in [0.15, 0.2) is 48.5 Å². The van der Waals surface area contributed by atoms with Crippen LogP contribution in [0.1, 0.15) is 45.8 Å². The van der Waals surface area contributed by atoms with Crippen molar-refractivity contribution in [3.8, 4) is 0 Å². The van der Waals surface area contributed by atoms with Crippen molar-refractivity contribution in [2.75, 3.05) is 20.1 Å². The van der Waals surface area contributed by atoms with Crippen LogP contribution in [0, 0.1) is 6.92 Å². The second-order valence-corrected chi connectivity index (χ2v) is 7.07. The highest BCUT2D eigenvalue weighted by molar-refractivity contribution is 5.94. The summed E-state index contributed by atoms with van der Waals surface area (Å²) >= 11 is 0. The predicted molar refractivity (Wildman–Crippen MR) is 107 cm³/mol. The maximum absolute atomic E-state index is 12.6. The predicted octanol–water partition coefficient (Wildman–Crippen LogP) is 3.44. The van der Waals surface area contributed by atoms with E-state index in [4.69, 9.17) is 0 Å². The summed E-state index contributed by atoms with van der Waals surface area (Å²) in [6.45, 7) is 4.04. The molecule has 2 aromatic rings. The van der Waals surface area contributed by atoms with E-state index in [0.717, 1.165) is 30.5 Å². The van der Waals surface area contributed by atoms with Gasteiger partial charge in [-0.3, -0.25) is 4.79 Å². The molecule has 0 spiro atoms. The van der Waals surface area contributed by atoms with Crippen LogP contribution in [0.3, 0.4) is 0 Å². The third-order valence-corrected chi connectivity index (χ3v) is 5.24. The minimum Gasteiger partial charge on any atom is -0.348 e. The first kappa shape index (κ1) is 19.0. The molecule has 5 heteroatoms. The molecule has 142 valence electrons. The number of rotatable bonds is 4. The lowest BCUT2D eigenvalue weighted by atomic mass is 9.89. The van der Waals surface area contributed by atoms with Gasteiger partial charge in [-0.1, -0.05) is 36.4 Å². The Morgan fingerprint density at radius 2 is 1.96 bits per heavy atom. The molecule has 0 unspecified atom stereocenters. The third-order valence-electron chi connectivity index (χ3n) is 5.24. The van der Waals surface area contributed by atoms with Crippen LogP contribution >= 0.6 is 0 Å².